The summed E-state index contributed by atoms with van der Waals surface area (Å²) in [6.07, 6.45) is 3.02. The van der Waals surface area contributed by atoms with Crippen molar-refractivity contribution in [3.05, 3.63) is 48.3 Å². The number of aromatic nitrogens is 2. The first-order valence-corrected chi connectivity index (χ1v) is 6.44. The van der Waals surface area contributed by atoms with Gasteiger partial charge in [0, 0.05) is 24.8 Å². The molecule has 0 saturated carbocycles. The lowest BCUT2D eigenvalue weighted by molar-refractivity contribution is 0.187. The second-order valence-corrected chi connectivity index (χ2v) is 4.54. The van der Waals surface area contributed by atoms with E-state index in [4.69, 9.17) is 5.11 Å². The van der Waals surface area contributed by atoms with Crippen LogP contribution in [0.2, 0.25) is 0 Å². The zero-order valence-corrected chi connectivity index (χ0v) is 11.3. The van der Waals surface area contributed by atoms with Crippen LogP contribution < -0.4 is 10.6 Å². The molecule has 6 nitrogen and oxygen atoms in total. The number of urea groups is 1. The Balaban J connectivity index is 1.86. The summed E-state index contributed by atoms with van der Waals surface area (Å²) >= 11 is 0. The number of carbonyl (C=O) groups excluding carboxylic acids is 1. The number of hydrogen-bond donors (Lipinski definition) is 3. The van der Waals surface area contributed by atoms with Crippen molar-refractivity contribution in [2.24, 2.45) is 0 Å². The topological polar surface area (TPSA) is 79.2 Å². The minimum absolute atomic E-state index is 0.231. The summed E-state index contributed by atoms with van der Waals surface area (Å²) in [6.45, 7) is 2.23. The van der Waals surface area contributed by atoms with Crippen molar-refractivity contribution in [1.29, 1.82) is 0 Å². The van der Waals surface area contributed by atoms with Crippen molar-refractivity contribution < 1.29 is 9.90 Å². The molecule has 0 aliphatic heterocycles. The number of rotatable bonds is 5. The molecule has 0 bridgehead atoms. The number of hydrogen-bond acceptors (Lipinski definition) is 3. The van der Waals surface area contributed by atoms with E-state index >= 15 is 0 Å². The quantitative estimate of drug-likeness (QED) is 0.762. The predicted molar refractivity (Wildman–Crippen MR) is 75.5 cm³/mol. The van der Waals surface area contributed by atoms with Crippen LogP contribution in [0, 0.1) is 0 Å². The summed E-state index contributed by atoms with van der Waals surface area (Å²) in [5, 5.41) is 18.6. The summed E-state index contributed by atoms with van der Waals surface area (Å²) in [5.41, 5.74) is 1.87. The molecule has 2 aromatic rings. The average Bonchev–Trinajstić information content (AvgIpc) is 2.93. The number of carbonyl (C=O) groups is 1. The van der Waals surface area contributed by atoms with Gasteiger partial charge in [0.2, 0.25) is 0 Å². The molecule has 2 amide bonds. The SMILES string of the molecule is C[C@H](O)CNC(=O)NCc1cnn(-c2ccccc2)c1. The Bertz CT molecular complexity index is 551. The van der Waals surface area contributed by atoms with Crippen LogP contribution in [0.4, 0.5) is 4.79 Å². The van der Waals surface area contributed by atoms with Gasteiger partial charge in [0.05, 0.1) is 18.0 Å². The Morgan fingerprint density at radius 3 is 2.80 bits per heavy atom. The van der Waals surface area contributed by atoms with Crippen LogP contribution >= 0.6 is 0 Å². The van der Waals surface area contributed by atoms with E-state index in [2.05, 4.69) is 15.7 Å². The molecule has 3 N–H and O–H groups in total. The van der Waals surface area contributed by atoms with Gasteiger partial charge in [-0.25, -0.2) is 9.48 Å². The predicted octanol–water partition coefficient (Wildman–Crippen LogP) is 1.05. The maximum Gasteiger partial charge on any atom is 0.315 e. The Morgan fingerprint density at radius 1 is 1.35 bits per heavy atom. The van der Waals surface area contributed by atoms with Crippen molar-refractivity contribution in [3.63, 3.8) is 0 Å². The molecule has 0 unspecified atom stereocenters. The number of aliphatic hydroxyl groups is 1. The smallest absolute Gasteiger partial charge is 0.315 e. The zero-order chi connectivity index (χ0) is 14.4. The molecule has 6 heteroatoms. The number of amides is 2. The van der Waals surface area contributed by atoms with Crippen molar-refractivity contribution in [2.45, 2.75) is 19.6 Å². The van der Waals surface area contributed by atoms with E-state index in [1.165, 1.54) is 0 Å². The third-order valence-electron chi connectivity index (χ3n) is 2.67. The minimum atomic E-state index is -0.554. The van der Waals surface area contributed by atoms with Gasteiger partial charge in [-0.3, -0.25) is 0 Å². The molecule has 0 spiro atoms. The van der Waals surface area contributed by atoms with Crippen molar-refractivity contribution in [2.75, 3.05) is 6.54 Å². The van der Waals surface area contributed by atoms with Gasteiger partial charge in [-0.2, -0.15) is 5.10 Å². The molecular formula is C14H18N4O2. The van der Waals surface area contributed by atoms with Crippen LogP contribution in [-0.2, 0) is 6.54 Å². The second-order valence-electron chi connectivity index (χ2n) is 4.54. The zero-order valence-electron chi connectivity index (χ0n) is 11.3. The number of aliphatic hydroxyl groups excluding tert-OH is 1. The van der Waals surface area contributed by atoms with E-state index in [1.807, 2.05) is 36.5 Å². The molecule has 0 aliphatic carbocycles. The molecule has 106 valence electrons. The van der Waals surface area contributed by atoms with Crippen molar-refractivity contribution in [3.8, 4) is 5.69 Å². The van der Waals surface area contributed by atoms with Gasteiger partial charge in [-0.1, -0.05) is 18.2 Å². The fourth-order valence-electron chi connectivity index (χ4n) is 1.66. The number of nitrogens with zero attached hydrogens (tertiary/aromatic N) is 2. The highest BCUT2D eigenvalue weighted by Gasteiger charge is 2.04. The third-order valence-corrected chi connectivity index (χ3v) is 2.67. The van der Waals surface area contributed by atoms with Crippen LogP contribution in [0.3, 0.4) is 0 Å². The van der Waals surface area contributed by atoms with E-state index in [0.717, 1.165) is 11.3 Å². The second kappa shape index (κ2) is 6.72. The highest BCUT2D eigenvalue weighted by Crippen LogP contribution is 2.07. The summed E-state index contributed by atoms with van der Waals surface area (Å²) in [6, 6.07) is 9.44. The van der Waals surface area contributed by atoms with Crippen LogP contribution in [0.1, 0.15) is 12.5 Å². The van der Waals surface area contributed by atoms with Crippen LogP contribution in [0.15, 0.2) is 42.7 Å². The molecule has 1 heterocycles. The molecule has 0 fully saturated rings. The maximum atomic E-state index is 11.4. The average molecular weight is 274 g/mol. The molecule has 2 rings (SSSR count). The molecule has 0 saturated heterocycles. The highest BCUT2D eigenvalue weighted by molar-refractivity contribution is 5.73. The summed E-state index contributed by atoms with van der Waals surface area (Å²) < 4.78 is 1.75. The Kier molecular flexibility index (Phi) is 4.73. The van der Waals surface area contributed by atoms with Crippen molar-refractivity contribution in [1.82, 2.24) is 20.4 Å². The number of nitrogens with one attached hydrogen (secondary N) is 2. The normalized spacial score (nSPS) is 11.9. The number of para-hydroxylation sites is 1. The van der Waals surface area contributed by atoms with Gasteiger partial charge in [0.25, 0.3) is 0 Å². The Hall–Kier alpha value is -2.34. The minimum Gasteiger partial charge on any atom is -0.392 e. The lowest BCUT2D eigenvalue weighted by Crippen LogP contribution is -2.38. The Morgan fingerprint density at radius 2 is 2.10 bits per heavy atom. The molecule has 0 aliphatic rings. The lowest BCUT2D eigenvalue weighted by Gasteiger charge is -2.07. The Labute approximate surface area is 117 Å². The van der Waals surface area contributed by atoms with Gasteiger partial charge in [-0.05, 0) is 19.1 Å². The summed E-state index contributed by atoms with van der Waals surface area (Å²) in [4.78, 5) is 11.4. The highest BCUT2D eigenvalue weighted by atomic mass is 16.3. The monoisotopic (exact) mass is 274 g/mol. The molecule has 1 atom stereocenters. The molecule has 0 radical (unpaired) electrons. The molecule has 1 aromatic carbocycles. The van der Waals surface area contributed by atoms with Gasteiger partial charge in [-0.15, -0.1) is 0 Å². The summed E-state index contributed by atoms with van der Waals surface area (Å²) in [7, 11) is 0. The maximum absolute atomic E-state index is 11.4. The fraction of sp³-hybridized carbons (Fsp3) is 0.286. The standard InChI is InChI=1S/C14H18N4O2/c1-11(19)7-15-14(20)16-8-12-9-17-18(10-12)13-5-3-2-4-6-13/h2-6,9-11,19H,7-8H2,1H3,(H2,15,16,20)/t11-/m0/s1. The molecular weight excluding hydrogens is 256 g/mol. The van der Waals surface area contributed by atoms with Crippen LogP contribution in [0.25, 0.3) is 5.69 Å². The van der Waals surface area contributed by atoms with Crippen LogP contribution in [0.5, 0.6) is 0 Å². The first kappa shape index (κ1) is 14.1. The first-order valence-electron chi connectivity index (χ1n) is 6.44. The third kappa shape index (κ3) is 4.10. The van der Waals surface area contributed by atoms with Gasteiger partial charge in [0.1, 0.15) is 0 Å². The van der Waals surface area contributed by atoms with E-state index in [-0.39, 0.29) is 12.6 Å². The van der Waals surface area contributed by atoms with E-state index in [1.54, 1.807) is 17.8 Å². The van der Waals surface area contributed by atoms with Gasteiger partial charge in [0.15, 0.2) is 0 Å². The lowest BCUT2D eigenvalue weighted by atomic mass is 10.3. The summed E-state index contributed by atoms with van der Waals surface area (Å²) in [5.74, 6) is 0. The van der Waals surface area contributed by atoms with E-state index in [0.29, 0.717) is 6.54 Å². The van der Waals surface area contributed by atoms with Gasteiger partial charge < -0.3 is 15.7 Å². The fourth-order valence-corrected chi connectivity index (χ4v) is 1.66. The van der Waals surface area contributed by atoms with E-state index in [9.17, 15) is 4.79 Å². The molecule has 20 heavy (non-hydrogen) atoms. The van der Waals surface area contributed by atoms with E-state index < -0.39 is 6.10 Å². The largest absolute Gasteiger partial charge is 0.392 e. The van der Waals surface area contributed by atoms with Crippen molar-refractivity contribution >= 4 is 6.03 Å². The van der Waals surface area contributed by atoms with Crippen LogP contribution in [-0.4, -0.2) is 33.6 Å². The number of benzene rings is 1. The molecule has 1 aromatic heterocycles. The first-order chi connectivity index (χ1) is 9.65. The van der Waals surface area contributed by atoms with Gasteiger partial charge >= 0.3 is 6.03 Å².